The molecular formula is C22H22FNO3S2. The molecule has 0 aromatic heterocycles. The predicted molar refractivity (Wildman–Crippen MR) is 120 cm³/mol. The van der Waals surface area contributed by atoms with E-state index < -0.39 is 5.82 Å². The third-order valence-corrected chi connectivity index (χ3v) is 5.63. The zero-order valence-corrected chi connectivity index (χ0v) is 18.1. The fourth-order valence-electron chi connectivity index (χ4n) is 2.74. The fraction of sp³-hybridized carbons (Fsp3) is 0.273. The summed E-state index contributed by atoms with van der Waals surface area (Å²) in [7, 11) is 0. The smallest absolute Gasteiger partial charge is 0.270 e. The number of amides is 1. The Morgan fingerprint density at radius 2 is 2.00 bits per heavy atom. The first kappa shape index (κ1) is 21.3. The maximum Gasteiger partial charge on any atom is 0.270 e. The highest BCUT2D eigenvalue weighted by Gasteiger charge is 2.33. The Balaban J connectivity index is 1.88. The molecule has 4 nitrogen and oxygen atoms in total. The highest BCUT2D eigenvalue weighted by molar-refractivity contribution is 8.27. The third kappa shape index (κ3) is 4.97. The molecule has 0 saturated carbocycles. The topological polar surface area (TPSA) is 38.8 Å². The van der Waals surface area contributed by atoms with Crippen LogP contribution in [0, 0.1) is 5.82 Å². The van der Waals surface area contributed by atoms with E-state index in [1.54, 1.807) is 18.2 Å². The van der Waals surface area contributed by atoms with Crippen LogP contribution in [0.1, 0.15) is 32.8 Å². The zero-order valence-electron chi connectivity index (χ0n) is 16.5. The van der Waals surface area contributed by atoms with E-state index in [0.717, 1.165) is 12.0 Å². The Hall–Kier alpha value is -2.38. The summed E-state index contributed by atoms with van der Waals surface area (Å²) in [5.74, 6) is 0.607. The van der Waals surface area contributed by atoms with E-state index in [1.165, 1.54) is 28.8 Å². The number of nitrogens with zero attached hydrogens (tertiary/aromatic N) is 1. The van der Waals surface area contributed by atoms with E-state index in [0.29, 0.717) is 33.0 Å². The lowest BCUT2D eigenvalue weighted by atomic mass is 10.1. The lowest BCUT2D eigenvalue weighted by Gasteiger charge is -2.16. The van der Waals surface area contributed by atoms with Gasteiger partial charge in [-0.15, -0.1) is 0 Å². The minimum absolute atomic E-state index is 0.0718. The minimum atomic E-state index is -0.418. The van der Waals surface area contributed by atoms with Crippen molar-refractivity contribution in [3.63, 3.8) is 0 Å². The lowest BCUT2D eigenvalue weighted by Crippen LogP contribution is -2.27. The van der Waals surface area contributed by atoms with Crippen LogP contribution < -0.4 is 14.4 Å². The van der Waals surface area contributed by atoms with Crippen LogP contribution in [0.25, 0.3) is 6.08 Å². The molecule has 152 valence electrons. The average Bonchev–Trinajstić information content (AvgIpc) is 2.97. The summed E-state index contributed by atoms with van der Waals surface area (Å²) in [5, 5.41) is 0. The maximum atomic E-state index is 13.6. The van der Waals surface area contributed by atoms with E-state index in [-0.39, 0.29) is 12.0 Å². The molecule has 0 aliphatic carbocycles. The summed E-state index contributed by atoms with van der Waals surface area (Å²) < 4.78 is 25.6. The molecule has 1 heterocycles. The SMILES string of the molecule is CCOc1cc(/C=C2\SC(=S)N(c3cccc(F)c3)C2=O)ccc1O[C@H](C)CC. The molecule has 0 spiro atoms. The van der Waals surface area contributed by atoms with Gasteiger partial charge in [0.05, 0.1) is 23.3 Å². The van der Waals surface area contributed by atoms with E-state index >= 15 is 0 Å². The molecule has 0 N–H and O–H groups in total. The Kier molecular flexibility index (Phi) is 6.92. The molecule has 1 amide bonds. The van der Waals surface area contributed by atoms with Gasteiger partial charge in [-0.25, -0.2) is 4.39 Å². The van der Waals surface area contributed by atoms with Crippen LogP contribution in [0.3, 0.4) is 0 Å². The lowest BCUT2D eigenvalue weighted by molar-refractivity contribution is -0.113. The largest absolute Gasteiger partial charge is 0.490 e. The van der Waals surface area contributed by atoms with E-state index in [1.807, 2.05) is 32.0 Å². The van der Waals surface area contributed by atoms with Gasteiger partial charge in [-0.2, -0.15) is 0 Å². The molecule has 0 bridgehead atoms. The van der Waals surface area contributed by atoms with Crippen molar-refractivity contribution >= 4 is 46.0 Å². The Morgan fingerprint density at radius 3 is 2.69 bits per heavy atom. The van der Waals surface area contributed by atoms with Gasteiger partial charge < -0.3 is 9.47 Å². The maximum absolute atomic E-state index is 13.6. The van der Waals surface area contributed by atoms with Crippen molar-refractivity contribution in [3.8, 4) is 11.5 Å². The van der Waals surface area contributed by atoms with Gasteiger partial charge in [-0.1, -0.05) is 43.0 Å². The zero-order chi connectivity index (χ0) is 21.0. The summed E-state index contributed by atoms with van der Waals surface area (Å²) >= 11 is 6.53. The number of rotatable bonds is 7. The monoisotopic (exact) mass is 431 g/mol. The van der Waals surface area contributed by atoms with Crippen LogP contribution in [0.2, 0.25) is 0 Å². The van der Waals surface area contributed by atoms with Crippen LogP contribution in [-0.4, -0.2) is 22.9 Å². The van der Waals surface area contributed by atoms with E-state index in [9.17, 15) is 9.18 Å². The average molecular weight is 432 g/mol. The molecule has 1 aliphatic rings. The molecule has 29 heavy (non-hydrogen) atoms. The standard InChI is InChI=1S/C22H22FNO3S2/c1-4-14(3)27-18-10-9-15(11-19(18)26-5-2)12-20-21(25)24(22(28)29-20)17-8-6-7-16(23)13-17/h6-14H,4-5H2,1-3H3/b20-12-/t14-/m1/s1. The first-order valence-corrected chi connectivity index (χ1v) is 10.6. The minimum Gasteiger partial charge on any atom is -0.490 e. The predicted octanol–water partition coefficient (Wildman–Crippen LogP) is 5.81. The number of ether oxygens (including phenoxy) is 2. The Bertz CT molecular complexity index is 961. The second-order valence-electron chi connectivity index (χ2n) is 6.47. The molecule has 0 unspecified atom stereocenters. The summed E-state index contributed by atoms with van der Waals surface area (Å²) in [6, 6.07) is 11.4. The summed E-state index contributed by atoms with van der Waals surface area (Å²) in [6.07, 6.45) is 2.71. The van der Waals surface area contributed by atoms with E-state index in [2.05, 4.69) is 6.92 Å². The molecule has 3 rings (SSSR count). The number of hydrogen-bond donors (Lipinski definition) is 0. The number of carbonyl (C=O) groups is 1. The van der Waals surface area contributed by atoms with Crippen molar-refractivity contribution in [2.75, 3.05) is 11.5 Å². The van der Waals surface area contributed by atoms with Gasteiger partial charge in [-0.05, 0) is 62.2 Å². The van der Waals surface area contributed by atoms with E-state index in [4.69, 9.17) is 21.7 Å². The van der Waals surface area contributed by atoms with Crippen molar-refractivity contribution < 1.29 is 18.7 Å². The molecular weight excluding hydrogens is 409 g/mol. The molecule has 2 aromatic rings. The van der Waals surface area contributed by atoms with Crippen LogP contribution in [0.15, 0.2) is 47.4 Å². The highest BCUT2D eigenvalue weighted by atomic mass is 32.2. The van der Waals surface area contributed by atoms with Crippen LogP contribution >= 0.6 is 24.0 Å². The number of carbonyl (C=O) groups excluding carboxylic acids is 1. The molecule has 1 saturated heterocycles. The molecule has 1 aliphatic heterocycles. The number of benzene rings is 2. The van der Waals surface area contributed by atoms with Crippen molar-refractivity contribution in [2.24, 2.45) is 0 Å². The normalized spacial score (nSPS) is 16.4. The molecule has 1 fully saturated rings. The van der Waals surface area contributed by atoms with Gasteiger partial charge in [0.1, 0.15) is 5.82 Å². The molecule has 0 radical (unpaired) electrons. The van der Waals surface area contributed by atoms with Gasteiger partial charge in [0.2, 0.25) is 0 Å². The first-order chi connectivity index (χ1) is 13.9. The molecule has 2 aromatic carbocycles. The second-order valence-corrected chi connectivity index (χ2v) is 8.15. The molecule has 1 atom stereocenters. The van der Waals surface area contributed by atoms with Crippen molar-refractivity contribution in [1.82, 2.24) is 0 Å². The fourth-order valence-corrected chi connectivity index (χ4v) is 4.04. The Labute approximate surface area is 179 Å². The van der Waals surface area contributed by atoms with Gasteiger partial charge in [0.25, 0.3) is 5.91 Å². The Morgan fingerprint density at radius 1 is 1.21 bits per heavy atom. The number of thiocarbonyl (C=S) groups is 1. The van der Waals surface area contributed by atoms with Gasteiger partial charge in [-0.3, -0.25) is 9.69 Å². The third-order valence-electron chi connectivity index (χ3n) is 4.33. The summed E-state index contributed by atoms with van der Waals surface area (Å²) in [4.78, 5) is 14.7. The van der Waals surface area contributed by atoms with Crippen molar-refractivity contribution in [2.45, 2.75) is 33.3 Å². The van der Waals surface area contributed by atoms with Crippen LogP contribution in [-0.2, 0) is 4.79 Å². The number of halogens is 1. The number of thioether (sulfide) groups is 1. The number of hydrogen-bond acceptors (Lipinski definition) is 5. The summed E-state index contributed by atoms with van der Waals surface area (Å²) in [6.45, 7) is 6.47. The van der Waals surface area contributed by atoms with Gasteiger partial charge in [0, 0.05) is 0 Å². The molecule has 7 heteroatoms. The highest BCUT2D eigenvalue weighted by Crippen LogP contribution is 2.37. The van der Waals surface area contributed by atoms with Crippen molar-refractivity contribution in [3.05, 3.63) is 58.8 Å². The van der Waals surface area contributed by atoms with Gasteiger partial charge >= 0.3 is 0 Å². The first-order valence-electron chi connectivity index (χ1n) is 9.40. The van der Waals surface area contributed by atoms with Gasteiger partial charge in [0.15, 0.2) is 15.8 Å². The van der Waals surface area contributed by atoms with Crippen LogP contribution in [0.4, 0.5) is 10.1 Å². The van der Waals surface area contributed by atoms with Crippen LogP contribution in [0.5, 0.6) is 11.5 Å². The van der Waals surface area contributed by atoms with Crippen molar-refractivity contribution in [1.29, 1.82) is 0 Å². The number of anilines is 1. The quantitative estimate of drug-likeness (QED) is 0.409. The second kappa shape index (κ2) is 9.41. The summed E-state index contributed by atoms with van der Waals surface area (Å²) in [5.41, 5.74) is 1.22.